The van der Waals surface area contributed by atoms with Gasteiger partial charge in [-0.2, -0.15) is 0 Å². The molecule has 0 saturated carbocycles. The Hall–Kier alpha value is -1.85. The van der Waals surface area contributed by atoms with E-state index in [0.29, 0.717) is 12.5 Å². The van der Waals surface area contributed by atoms with Gasteiger partial charge in [0.15, 0.2) is 5.96 Å². The van der Waals surface area contributed by atoms with Crippen molar-refractivity contribution in [2.45, 2.75) is 37.2 Å². The molecule has 1 saturated heterocycles. The van der Waals surface area contributed by atoms with Gasteiger partial charge in [0.25, 0.3) is 0 Å². The highest BCUT2D eigenvalue weighted by Gasteiger charge is 2.14. The van der Waals surface area contributed by atoms with Gasteiger partial charge in [-0.25, -0.2) is 13.6 Å². The lowest BCUT2D eigenvalue weighted by Crippen LogP contribution is -2.38. The minimum absolute atomic E-state index is 0. The maximum Gasteiger partial charge on any atom is 0.238 e. The number of nitrogens with zero attached hydrogens (tertiary/aromatic N) is 2. The summed E-state index contributed by atoms with van der Waals surface area (Å²) in [5.74, 6) is 0.680. The predicted octanol–water partition coefficient (Wildman–Crippen LogP) is 2.98. The van der Waals surface area contributed by atoms with Gasteiger partial charge >= 0.3 is 0 Å². The Morgan fingerprint density at radius 2 is 1.83 bits per heavy atom. The van der Waals surface area contributed by atoms with Crippen molar-refractivity contribution in [3.05, 3.63) is 59.7 Å². The van der Waals surface area contributed by atoms with Crippen LogP contribution in [0.5, 0.6) is 0 Å². The van der Waals surface area contributed by atoms with E-state index < -0.39 is 10.0 Å². The summed E-state index contributed by atoms with van der Waals surface area (Å²) < 4.78 is 22.7. The second-order valence-electron chi connectivity index (χ2n) is 7.27. The first kappa shape index (κ1) is 24.4. The Kier molecular flexibility index (Phi) is 8.92. The molecule has 7 nitrogen and oxygen atoms in total. The van der Waals surface area contributed by atoms with Crippen LogP contribution >= 0.6 is 24.0 Å². The number of nitrogens with two attached hydrogens (primary N) is 1. The second-order valence-corrected chi connectivity index (χ2v) is 8.83. The molecule has 1 fully saturated rings. The lowest BCUT2D eigenvalue weighted by atomic mass is 10.1. The Labute approximate surface area is 196 Å². The first-order valence-electron chi connectivity index (χ1n) is 9.80. The summed E-state index contributed by atoms with van der Waals surface area (Å²) in [6.45, 7) is 4.87. The van der Waals surface area contributed by atoms with Gasteiger partial charge in [-0.05, 0) is 55.2 Å². The molecule has 30 heavy (non-hydrogen) atoms. The third-order valence-corrected chi connectivity index (χ3v) is 6.06. The van der Waals surface area contributed by atoms with E-state index >= 15 is 0 Å². The zero-order valence-electron chi connectivity index (χ0n) is 17.3. The number of hydrogen-bond donors (Lipinski definition) is 3. The predicted molar refractivity (Wildman–Crippen MR) is 133 cm³/mol. The van der Waals surface area contributed by atoms with E-state index in [1.54, 1.807) is 19.2 Å². The minimum atomic E-state index is -3.67. The van der Waals surface area contributed by atoms with Gasteiger partial charge in [-0.15, -0.1) is 24.0 Å². The van der Waals surface area contributed by atoms with Crippen LogP contribution in [0.3, 0.4) is 0 Å². The molecule has 1 unspecified atom stereocenters. The van der Waals surface area contributed by atoms with E-state index in [2.05, 4.69) is 51.7 Å². The van der Waals surface area contributed by atoms with E-state index in [1.165, 1.54) is 36.2 Å². The van der Waals surface area contributed by atoms with Crippen LogP contribution in [0.15, 0.2) is 58.4 Å². The Bertz CT molecular complexity index is 958. The standard InChI is InChI=1S/C21H29N5O2S.HI/c1-16(18-6-5-7-19(14-18)26-12-3-4-13-26)25-21(23-2)24-15-17-8-10-20(11-9-17)29(22,27)28;/h5-11,14,16H,3-4,12-13,15H2,1-2H3,(H2,22,27,28)(H2,23,24,25);1H. The van der Waals surface area contributed by atoms with Gasteiger partial charge in [0.05, 0.1) is 10.9 Å². The summed E-state index contributed by atoms with van der Waals surface area (Å²) >= 11 is 0. The van der Waals surface area contributed by atoms with Crippen LogP contribution in [0, 0.1) is 0 Å². The van der Waals surface area contributed by atoms with Crippen LogP contribution in [-0.2, 0) is 16.6 Å². The van der Waals surface area contributed by atoms with Crippen molar-refractivity contribution in [1.29, 1.82) is 0 Å². The highest BCUT2D eigenvalue weighted by Crippen LogP contribution is 2.24. The van der Waals surface area contributed by atoms with Crippen LogP contribution in [0.25, 0.3) is 0 Å². The van der Waals surface area contributed by atoms with Crippen molar-refractivity contribution in [3.8, 4) is 0 Å². The second kappa shape index (κ2) is 11.0. The van der Waals surface area contributed by atoms with E-state index in [4.69, 9.17) is 5.14 Å². The molecule has 1 aliphatic rings. The molecular formula is C21H30IN5O2S. The third-order valence-electron chi connectivity index (χ3n) is 5.13. The maximum absolute atomic E-state index is 11.4. The molecule has 2 aromatic rings. The molecule has 0 bridgehead atoms. The van der Waals surface area contributed by atoms with Crippen molar-refractivity contribution in [1.82, 2.24) is 10.6 Å². The van der Waals surface area contributed by atoms with Gasteiger partial charge in [-0.3, -0.25) is 4.99 Å². The third kappa shape index (κ3) is 6.58. The van der Waals surface area contributed by atoms with Crippen molar-refractivity contribution in [3.63, 3.8) is 0 Å². The van der Waals surface area contributed by atoms with E-state index in [1.807, 2.05) is 0 Å². The van der Waals surface area contributed by atoms with Crippen LogP contribution < -0.4 is 20.7 Å². The zero-order valence-corrected chi connectivity index (χ0v) is 20.5. The molecule has 1 aliphatic heterocycles. The maximum atomic E-state index is 11.4. The summed E-state index contributed by atoms with van der Waals surface area (Å²) in [5, 5.41) is 11.8. The van der Waals surface area contributed by atoms with Crippen molar-refractivity contribution in [2.75, 3.05) is 25.0 Å². The molecule has 3 rings (SSSR count). The molecule has 9 heteroatoms. The molecule has 0 aliphatic carbocycles. The summed E-state index contributed by atoms with van der Waals surface area (Å²) in [4.78, 5) is 6.83. The average Bonchev–Trinajstić information content (AvgIpc) is 3.25. The first-order chi connectivity index (χ1) is 13.9. The summed E-state index contributed by atoms with van der Waals surface area (Å²) in [5.41, 5.74) is 3.41. The van der Waals surface area contributed by atoms with Gasteiger partial charge in [0.1, 0.15) is 0 Å². The zero-order chi connectivity index (χ0) is 20.9. The van der Waals surface area contributed by atoms with Crippen LogP contribution in [0.4, 0.5) is 5.69 Å². The number of guanidine groups is 1. The van der Waals surface area contributed by atoms with E-state index in [0.717, 1.165) is 18.7 Å². The Morgan fingerprint density at radius 1 is 1.17 bits per heavy atom. The summed E-state index contributed by atoms with van der Waals surface area (Å²) in [6, 6.07) is 15.2. The Morgan fingerprint density at radius 3 is 2.43 bits per heavy atom. The quantitative estimate of drug-likeness (QED) is 0.296. The molecular weight excluding hydrogens is 513 g/mol. The number of hydrogen-bond acceptors (Lipinski definition) is 4. The lowest BCUT2D eigenvalue weighted by molar-refractivity contribution is 0.597. The van der Waals surface area contributed by atoms with E-state index in [-0.39, 0.29) is 34.9 Å². The number of rotatable bonds is 6. The van der Waals surface area contributed by atoms with Gasteiger partial charge < -0.3 is 15.5 Å². The monoisotopic (exact) mass is 543 g/mol. The molecule has 0 aromatic heterocycles. The number of aliphatic imine (C=N–C) groups is 1. The number of sulfonamides is 1. The molecule has 0 amide bonds. The minimum Gasteiger partial charge on any atom is -0.372 e. The van der Waals surface area contributed by atoms with Gasteiger partial charge in [0, 0.05) is 32.4 Å². The highest BCUT2D eigenvalue weighted by atomic mass is 127. The highest BCUT2D eigenvalue weighted by molar-refractivity contribution is 14.0. The molecule has 1 atom stereocenters. The smallest absolute Gasteiger partial charge is 0.238 e. The SMILES string of the molecule is CN=C(NCc1ccc(S(N)(=O)=O)cc1)NC(C)c1cccc(N2CCCC2)c1.I. The van der Waals surface area contributed by atoms with Crippen molar-refractivity contribution in [2.24, 2.45) is 10.1 Å². The molecule has 4 N–H and O–H groups in total. The Balaban J connectivity index is 0.00000320. The molecule has 1 heterocycles. The summed E-state index contributed by atoms with van der Waals surface area (Å²) in [7, 11) is -1.94. The number of primary sulfonamides is 1. The van der Waals surface area contributed by atoms with E-state index in [9.17, 15) is 8.42 Å². The fraction of sp³-hybridized carbons (Fsp3) is 0.381. The number of nitrogens with one attached hydrogen (secondary N) is 2. The molecule has 0 radical (unpaired) electrons. The fourth-order valence-corrected chi connectivity index (χ4v) is 3.95. The first-order valence-corrected chi connectivity index (χ1v) is 11.4. The van der Waals surface area contributed by atoms with Gasteiger partial charge in [0.2, 0.25) is 10.0 Å². The van der Waals surface area contributed by atoms with Crippen molar-refractivity contribution >= 4 is 45.6 Å². The lowest BCUT2D eigenvalue weighted by Gasteiger charge is -2.22. The van der Waals surface area contributed by atoms with Gasteiger partial charge in [-0.1, -0.05) is 24.3 Å². The average molecular weight is 543 g/mol. The number of anilines is 1. The fourth-order valence-electron chi connectivity index (χ4n) is 3.43. The molecule has 0 spiro atoms. The molecule has 164 valence electrons. The number of halogens is 1. The normalized spacial score (nSPS) is 15.4. The number of benzene rings is 2. The topological polar surface area (TPSA) is 99.8 Å². The molecule has 2 aromatic carbocycles. The van der Waals surface area contributed by atoms with Crippen LogP contribution in [0.1, 0.15) is 36.9 Å². The summed E-state index contributed by atoms with van der Waals surface area (Å²) in [6.07, 6.45) is 2.51. The van der Waals surface area contributed by atoms with Crippen LogP contribution in [-0.4, -0.2) is 34.5 Å². The van der Waals surface area contributed by atoms with Crippen LogP contribution in [0.2, 0.25) is 0 Å². The largest absolute Gasteiger partial charge is 0.372 e. The van der Waals surface area contributed by atoms with Crippen molar-refractivity contribution < 1.29 is 8.42 Å².